The second-order valence-electron chi connectivity index (χ2n) is 5.98. The first-order valence-corrected chi connectivity index (χ1v) is 11.2. The van der Waals surface area contributed by atoms with Crippen molar-refractivity contribution in [3.8, 4) is 0 Å². The number of benzene rings is 1. The average Bonchev–Trinajstić information content (AvgIpc) is 2.67. The molecule has 25 heavy (non-hydrogen) atoms. The summed E-state index contributed by atoms with van der Waals surface area (Å²) in [6, 6.07) is 9.70. The molecule has 1 unspecified atom stereocenters. The zero-order chi connectivity index (χ0) is 17.3. The number of nitrogens with zero attached hydrogens (tertiary/aromatic N) is 3. The van der Waals surface area contributed by atoms with Gasteiger partial charge in [-0.3, -0.25) is 0 Å². The van der Waals surface area contributed by atoms with E-state index in [1.165, 1.54) is 16.1 Å². The van der Waals surface area contributed by atoms with Gasteiger partial charge in [-0.2, -0.15) is 0 Å². The van der Waals surface area contributed by atoms with E-state index in [0.29, 0.717) is 5.95 Å². The van der Waals surface area contributed by atoms with Crippen LogP contribution < -0.4 is 9.80 Å². The van der Waals surface area contributed by atoms with Gasteiger partial charge in [0.25, 0.3) is 0 Å². The molecule has 1 aromatic heterocycles. The Labute approximate surface area is 155 Å². The molecule has 0 amide bonds. The summed E-state index contributed by atoms with van der Waals surface area (Å²) in [5.74, 6) is 0.629. The van der Waals surface area contributed by atoms with E-state index in [-0.39, 0.29) is 22.4 Å². The topological polar surface area (TPSA) is 70.5 Å². The molecule has 7 heteroatoms. The number of aromatic nitrogens is 2. The number of rotatable bonds is 8. The first-order chi connectivity index (χ1) is 12.3. The fourth-order valence-corrected chi connectivity index (χ4v) is 4.77. The van der Waals surface area contributed by atoms with E-state index >= 15 is 0 Å². The third-order valence-corrected chi connectivity index (χ3v) is 6.69. The first kappa shape index (κ1) is 18.3. The van der Waals surface area contributed by atoms with Gasteiger partial charge in [0.05, 0.1) is 0 Å². The van der Waals surface area contributed by atoms with Crippen LogP contribution in [0.15, 0.2) is 36.5 Å². The molecule has 0 bridgehead atoms. The summed E-state index contributed by atoms with van der Waals surface area (Å²) < 4.78 is 6.56. The normalized spacial score (nSPS) is 15.7. The minimum atomic E-state index is -0.237. The van der Waals surface area contributed by atoms with Crippen LogP contribution in [-0.2, 0) is 11.3 Å². The standard InChI is InChI=1S/C18H25AsN4O2/c24-14-15-3-1-4-16(13-15)21-18-20-7-5-17(22-18)19-6-2-8-23-9-11-25-12-10-23/h1,3-5,7,13,19,24H,2,6,8-12,14H2,(H,20,21,22). The van der Waals surface area contributed by atoms with Crippen LogP contribution in [0.4, 0.5) is 11.6 Å². The van der Waals surface area contributed by atoms with Crippen LogP contribution >= 0.6 is 0 Å². The monoisotopic (exact) mass is 404 g/mol. The van der Waals surface area contributed by atoms with E-state index < -0.39 is 0 Å². The van der Waals surface area contributed by atoms with Crippen molar-refractivity contribution in [1.29, 1.82) is 0 Å². The summed E-state index contributed by atoms with van der Waals surface area (Å²) in [6.07, 6.45) is 3.05. The molecule has 1 atom stereocenters. The number of morpholine rings is 1. The van der Waals surface area contributed by atoms with Gasteiger partial charge in [-0.1, -0.05) is 0 Å². The molecule has 2 aromatic rings. The zero-order valence-electron chi connectivity index (χ0n) is 14.3. The number of anilines is 2. The predicted molar refractivity (Wildman–Crippen MR) is 101 cm³/mol. The van der Waals surface area contributed by atoms with E-state index in [4.69, 9.17) is 4.74 Å². The Hall–Kier alpha value is -1.46. The summed E-state index contributed by atoms with van der Waals surface area (Å²) >= 11 is -0.237. The van der Waals surface area contributed by atoms with Gasteiger partial charge in [0.2, 0.25) is 0 Å². The van der Waals surface area contributed by atoms with Crippen molar-refractivity contribution in [3.63, 3.8) is 0 Å². The van der Waals surface area contributed by atoms with E-state index in [1.54, 1.807) is 0 Å². The van der Waals surface area contributed by atoms with Gasteiger partial charge in [-0.15, -0.1) is 0 Å². The molecule has 0 spiro atoms. The number of nitrogens with one attached hydrogen (secondary N) is 1. The maximum atomic E-state index is 9.22. The molecule has 2 N–H and O–H groups in total. The Morgan fingerprint density at radius 1 is 1.24 bits per heavy atom. The molecule has 0 radical (unpaired) electrons. The second-order valence-corrected chi connectivity index (χ2v) is 8.85. The van der Waals surface area contributed by atoms with Crippen molar-refractivity contribution in [1.82, 2.24) is 14.9 Å². The molecule has 1 aliphatic rings. The van der Waals surface area contributed by atoms with Gasteiger partial charge in [-0.25, -0.2) is 0 Å². The van der Waals surface area contributed by atoms with Gasteiger partial charge in [-0.05, 0) is 0 Å². The van der Waals surface area contributed by atoms with Gasteiger partial charge in [0.1, 0.15) is 0 Å². The molecule has 1 aromatic carbocycles. The Morgan fingerprint density at radius 2 is 2.12 bits per heavy atom. The third-order valence-electron chi connectivity index (χ3n) is 4.08. The van der Waals surface area contributed by atoms with Crippen LogP contribution in [0.1, 0.15) is 12.0 Å². The van der Waals surface area contributed by atoms with Crippen LogP contribution in [0.25, 0.3) is 0 Å². The number of aliphatic hydroxyl groups is 1. The fraction of sp³-hybridized carbons (Fsp3) is 0.444. The summed E-state index contributed by atoms with van der Waals surface area (Å²) in [4.78, 5) is 11.4. The van der Waals surface area contributed by atoms with Crippen molar-refractivity contribution in [2.24, 2.45) is 0 Å². The molecule has 3 rings (SSSR count). The summed E-state index contributed by atoms with van der Waals surface area (Å²) in [5.41, 5.74) is 1.77. The number of hydrogen-bond acceptors (Lipinski definition) is 6. The maximum absolute atomic E-state index is 9.22. The Kier molecular flexibility index (Phi) is 7.24. The molecule has 2 heterocycles. The molecule has 0 aliphatic carbocycles. The molecule has 6 nitrogen and oxygen atoms in total. The molecular formula is C18H25AsN4O2. The van der Waals surface area contributed by atoms with Gasteiger partial charge < -0.3 is 0 Å². The van der Waals surface area contributed by atoms with Gasteiger partial charge >= 0.3 is 155 Å². The van der Waals surface area contributed by atoms with Crippen LogP contribution in [0.2, 0.25) is 5.21 Å². The van der Waals surface area contributed by atoms with Crippen LogP contribution in [-0.4, -0.2) is 68.6 Å². The van der Waals surface area contributed by atoms with Crippen molar-refractivity contribution >= 4 is 31.9 Å². The minimum absolute atomic E-state index is 0.0335. The van der Waals surface area contributed by atoms with Crippen molar-refractivity contribution in [2.75, 3.05) is 38.2 Å². The number of hydrogen-bond donors (Lipinski definition) is 2. The SMILES string of the molecule is OCc1cccc(Nc2nccc([AsH]CCCN3CCOCC3)n2)c1. The summed E-state index contributed by atoms with van der Waals surface area (Å²) in [7, 11) is 0. The molecule has 1 fully saturated rings. The van der Waals surface area contributed by atoms with Crippen LogP contribution in [0, 0.1) is 0 Å². The Balaban J connectivity index is 1.47. The quantitative estimate of drug-likeness (QED) is 0.504. The number of ether oxygens (including phenoxy) is 1. The second kappa shape index (κ2) is 9.88. The van der Waals surface area contributed by atoms with Gasteiger partial charge in [0.15, 0.2) is 0 Å². The Morgan fingerprint density at radius 3 is 2.96 bits per heavy atom. The van der Waals surface area contributed by atoms with E-state index in [9.17, 15) is 5.11 Å². The molecular weight excluding hydrogens is 379 g/mol. The summed E-state index contributed by atoms with van der Waals surface area (Å²) in [6.45, 7) is 5.06. The van der Waals surface area contributed by atoms with Crippen molar-refractivity contribution < 1.29 is 9.84 Å². The van der Waals surface area contributed by atoms with Crippen LogP contribution in [0.3, 0.4) is 0 Å². The van der Waals surface area contributed by atoms with Crippen LogP contribution in [0.5, 0.6) is 0 Å². The Bertz CT molecular complexity index is 665. The fourth-order valence-electron chi connectivity index (χ4n) is 2.74. The molecule has 1 aliphatic heterocycles. The first-order valence-electron chi connectivity index (χ1n) is 8.67. The van der Waals surface area contributed by atoms with E-state index in [1.807, 2.05) is 36.5 Å². The molecule has 134 valence electrons. The summed E-state index contributed by atoms with van der Waals surface area (Å²) in [5, 5.41) is 13.7. The average molecular weight is 404 g/mol. The van der Waals surface area contributed by atoms with Crippen molar-refractivity contribution in [2.45, 2.75) is 18.2 Å². The molecule has 0 saturated carbocycles. The van der Waals surface area contributed by atoms with Crippen molar-refractivity contribution in [3.05, 3.63) is 42.1 Å². The number of aliphatic hydroxyl groups excluding tert-OH is 1. The molecule has 1 saturated heterocycles. The van der Waals surface area contributed by atoms with Gasteiger partial charge in [0, 0.05) is 0 Å². The third kappa shape index (κ3) is 6.08. The zero-order valence-corrected chi connectivity index (χ0v) is 16.4. The predicted octanol–water partition coefficient (Wildman–Crippen LogP) is 0.915. The van der Waals surface area contributed by atoms with E-state index in [2.05, 4.69) is 20.2 Å². The van der Waals surface area contributed by atoms with E-state index in [0.717, 1.165) is 44.1 Å².